The Labute approximate surface area is 198 Å². The molecule has 0 spiro atoms. The van der Waals surface area contributed by atoms with E-state index in [2.05, 4.69) is 99.4 Å². The molecule has 2 aromatic carbocycles. The number of rotatable bonds is 4. The Balaban J connectivity index is 2.05. The second-order valence-corrected chi connectivity index (χ2v) is 95.4. The van der Waals surface area contributed by atoms with E-state index in [1.165, 1.54) is 44.5 Å². The second-order valence-electron chi connectivity index (χ2n) is 13.7. The Morgan fingerprint density at radius 1 is 0.719 bits per heavy atom. The molecule has 0 saturated heterocycles. The van der Waals surface area contributed by atoms with Gasteiger partial charge in [0.1, 0.15) is 0 Å². The molecule has 0 N–H and O–H groups in total. The van der Waals surface area contributed by atoms with Gasteiger partial charge in [-0.05, 0) is 0 Å². The molecule has 0 radical (unpaired) electrons. The summed E-state index contributed by atoms with van der Waals surface area (Å²) in [7, 11) is 17.5. The zero-order valence-electron chi connectivity index (χ0n) is 21.2. The summed E-state index contributed by atoms with van der Waals surface area (Å²) in [6.45, 7) is 13.6. The summed E-state index contributed by atoms with van der Waals surface area (Å²) in [6, 6.07) is 13.5. The van der Waals surface area contributed by atoms with E-state index in [1.54, 1.807) is 0 Å². The summed E-state index contributed by atoms with van der Waals surface area (Å²) in [6.07, 6.45) is 4.77. The number of hydrogen-bond donors (Lipinski definition) is 0. The maximum absolute atomic E-state index is 8.36. The van der Waals surface area contributed by atoms with E-state index < -0.39 is 12.6 Å². The topological polar surface area (TPSA) is 0 Å². The van der Waals surface area contributed by atoms with Crippen molar-refractivity contribution in [1.29, 1.82) is 0 Å². The van der Waals surface area contributed by atoms with Crippen molar-refractivity contribution in [1.82, 2.24) is 0 Å². The van der Waals surface area contributed by atoms with Crippen LogP contribution >= 0.6 is 17.0 Å². The summed E-state index contributed by atoms with van der Waals surface area (Å²) in [5.74, 6) is 0.933. The summed E-state index contributed by atoms with van der Waals surface area (Å²) in [4.78, 5) is 0. The Morgan fingerprint density at radius 2 is 1.06 bits per heavy atom. The van der Waals surface area contributed by atoms with Gasteiger partial charge >= 0.3 is 200 Å². The predicted molar refractivity (Wildman–Crippen MR) is 147 cm³/mol. The molecule has 2 atom stereocenters. The molecule has 2 aliphatic carbocycles. The molecule has 2 aromatic rings. The summed E-state index contributed by atoms with van der Waals surface area (Å²) >= 11 is -5.48. The van der Waals surface area contributed by atoms with Crippen LogP contribution in [0.5, 0.6) is 0 Å². The molecule has 0 aliphatic heterocycles. The molecule has 0 aromatic heterocycles. The summed E-state index contributed by atoms with van der Waals surface area (Å²) in [5, 5.41) is 0. The second kappa shape index (κ2) is 6.42. The van der Waals surface area contributed by atoms with Gasteiger partial charge in [0.25, 0.3) is 0 Å². The van der Waals surface area contributed by atoms with Crippen molar-refractivity contribution in [3.8, 4) is 0 Å². The molecule has 0 heterocycles. The SMILES string of the molecule is CC1=Cc2c(C(C)C)cccc2[CH]1[Zr]([CH3])([CH3])([SiH3])([Cl])([Cl])[CH]1C(C)=Cc2c(C(C)C)cccc21. The first-order chi connectivity index (χ1) is 14.4. The molecule has 173 valence electrons. The molecule has 0 amide bonds. The van der Waals surface area contributed by atoms with Crippen molar-refractivity contribution < 1.29 is 12.6 Å². The van der Waals surface area contributed by atoms with E-state index >= 15 is 0 Å². The zero-order valence-corrected chi connectivity index (χ0v) is 27.2. The van der Waals surface area contributed by atoms with Crippen LogP contribution in [0.1, 0.15) is 94.0 Å². The third kappa shape index (κ3) is 3.46. The van der Waals surface area contributed by atoms with Gasteiger partial charge in [-0.2, -0.15) is 0 Å². The van der Waals surface area contributed by atoms with E-state index in [0.717, 1.165) is 7.37 Å². The third-order valence-corrected chi connectivity index (χ3v) is 36.4. The van der Waals surface area contributed by atoms with Crippen molar-refractivity contribution in [2.75, 3.05) is 0 Å². The first kappa shape index (κ1) is 24.7. The molecular weight excluding hydrogens is 527 g/mol. The number of hydrogen-bond acceptors (Lipinski definition) is 0. The van der Waals surface area contributed by atoms with Gasteiger partial charge in [0.2, 0.25) is 0 Å². The van der Waals surface area contributed by atoms with Crippen molar-refractivity contribution in [3.63, 3.8) is 0 Å². The minimum atomic E-state index is -5.48. The normalized spacial score (nSPS) is 23.8. The van der Waals surface area contributed by atoms with Crippen LogP contribution in [-0.4, -0.2) is 7.37 Å². The Morgan fingerprint density at radius 3 is 1.38 bits per heavy atom. The zero-order chi connectivity index (χ0) is 24.0. The van der Waals surface area contributed by atoms with Crippen molar-refractivity contribution in [2.24, 2.45) is 0 Å². The average Bonchev–Trinajstić information content (AvgIpc) is 3.16. The van der Waals surface area contributed by atoms with Crippen LogP contribution in [0, 0.1) is 0 Å². The van der Waals surface area contributed by atoms with Crippen LogP contribution in [-0.2, 0) is 12.6 Å². The maximum atomic E-state index is 8.36. The van der Waals surface area contributed by atoms with E-state index in [0.29, 0.717) is 11.8 Å². The number of halogens is 2. The first-order valence-corrected chi connectivity index (χ1v) is 34.6. The van der Waals surface area contributed by atoms with Crippen LogP contribution in [0.25, 0.3) is 12.2 Å². The van der Waals surface area contributed by atoms with E-state index in [1.807, 2.05) is 0 Å². The molecule has 0 saturated carbocycles. The molecule has 0 fully saturated rings. The van der Waals surface area contributed by atoms with Crippen LogP contribution in [0.2, 0.25) is 9.26 Å². The van der Waals surface area contributed by atoms with Gasteiger partial charge in [0, 0.05) is 0 Å². The fraction of sp³-hybridized carbons (Fsp3) is 0.429. The Bertz CT molecular complexity index is 1130. The summed E-state index contributed by atoms with van der Waals surface area (Å²) < 4.78 is 4.84. The first-order valence-electron chi connectivity index (χ1n) is 12.1. The number of fused-ring (bicyclic) bond motifs is 2. The van der Waals surface area contributed by atoms with Gasteiger partial charge in [-0.25, -0.2) is 0 Å². The van der Waals surface area contributed by atoms with Crippen molar-refractivity contribution in [3.05, 3.63) is 80.9 Å². The molecule has 0 bridgehead atoms. The van der Waals surface area contributed by atoms with Gasteiger partial charge in [0.15, 0.2) is 0 Å². The molecule has 2 aliphatic rings. The molecule has 2 unspecified atom stereocenters. The standard InChI is InChI=1S/2C13H15.2CH3.2ClH.H3Si.Zr/c2*1-9(2)12-6-4-5-11-7-10(3)8-13(11)12;;;;;;/h2*4-9H,1-3H3;2*1H3;2*1H;1H3;/q;;;;;;;+2/p-2. The molecule has 4 rings (SSSR count). The molecular formula is C28H39Cl2SiZr. The van der Waals surface area contributed by atoms with Gasteiger partial charge in [-0.15, -0.1) is 0 Å². The van der Waals surface area contributed by atoms with Crippen molar-refractivity contribution in [2.45, 2.75) is 69.9 Å². The fourth-order valence-corrected chi connectivity index (χ4v) is 42.4. The Hall–Kier alpha value is -0.400. The quantitative estimate of drug-likeness (QED) is 0.325. The van der Waals surface area contributed by atoms with E-state index in [-0.39, 0.29) is 7.25 Å². The fourth-order valence-electron chi connectivity index (χ4n) is 7.65. The monoisotopic (exact) mass is 563 g/mol. The molecule has 0 nitrogen and oxygen atoms in total. The third-order valence-electron chi connectivity index (χ3n) is 8.37. The molecule has 32 heavy (non-hydrogen) atoms. The average molecular weight is 566 g/mol. The predicted octanol–water partition coefficient (Wildman–Crippen LogP) is 8.99. The van der Waals surface area contributed by atoms with Crippen LogP contribution in [0.3, 0.4) is 0 Å². The van der Waals surface area contributed by atoms with Crippen LogP contribution in [0.4, 0.5) is 0 Å². The van der Waals surface area contributed by atoms with Crippen LogP contribution < -0.4 is 0 Å². The number of benzene rings is 2. The van der Waals surface area contributed by atoms with Crippen LogP contribution in [0.15, 0.2) is 47.5 Å². The van der Waals surface area contributed by atoms with E-state index in [4.69, 9.17) is 17.0 Å². The summed E-state index contributed by atoms with van der Waals surface area (Å²) in [5.41, 5.74) is 10.9. The van der Waals surface area contributed by atoms with Crippen molar-refractivity contribution >= 4 is 36.5 Å². The Kier molecular flexibility index (Phi) is 4.96. The van der Waals surface area contributed by atoms with E-state index in [9.17, 15) is 0 Å². The van der Waals surface area contributed by atoms with Gasteiger partial charge in [-0.1, -0.05) is 0 Å². The number of allylic oxidation sites excluding steroid dienone is 2. The minimum absolute atomic E-state index is 0.0810. The van der Waals surface area contributed by atoms with Gasteiger partial charge in [0.05, 0.1) is 0 Å². The molecule has 4 heteroatoms. The van der Waals surface area contributed by atoms with Gasteiger partial charge < -0.3 is 0 Å². The van der Waals surface area contributed by atoms with Gasteiger partial charge in [-0.3, -0.25) is 0 Å².